The van der Waals surface area contributed by atoms with Crippen molar-refractivity contribution >= 4 is 5.91 Å². The van der Waals surface area contributed by atoms with Gasteiger partial charge in [0.1, 0.15) is 0 Å². The van der Waals surface area contributed by atoms with Gasteiger partial charge in [-0.05, 0) is 39.4 Å². The van der Waals surface area contributed by atoms with Crippen LogP contribution in [-0.2, 0) is 13.0 Å². The first kappa shape index (κ1) is 17.0. The van der Waals surface area contributed by atoms with Gasteiger partial charge >= 0.3 is 0 Å². The number of nitrogens with zero attached hydrogens (tertiary/aromatic N) is 2. The van der Waals surface area contributed by atoms with Crippen molar-refractivity contribution in [3.63, 3.8) is 0 Å². The summed E-state index contributed by atoms with van der Waals surface area (Å²) in [6, 6.07) is 0.173. The van der Waals surface area contributed by atoms with E-state index in [0.717, 1.165) is 63.2 Å². The number of aromatic amines is 1. The van der Waals surface area contributed by atoms with Crippen molar-refractivity contribution in [2.45, 2.75) is 52.6 Å². The minimum Gasteiger partial charge on any atom is -0.348 e. The molecule has 1 aliphatic rings. The number of aromatic nitrogens is 2. The van der Waals surface area contributed by atoms with Crippen molar-refractivity contribution in [3.8, 4) is 0 Å². The fourth-order valence-electron chi connectivity index (χ4n) is 2.94. The Balaban J connectivity index is 1.80. The lowest BCUT2D eigenvalue weighted by atomic mass is 10.1. The summed E-state index contributed by atoms with van der Waals surface area (Å²) in [7, 11) is 0. The van der Waals surface area contributed by atoms with Crippen molar-refractivity contribution < 1.29 is 4.79 Å². The molecule has 1 aliphatic heterocycles. The van der Waals surface area contributed by atoms with Crippen molar-refractivity contribution in [1.82, 2.24) is 25.7 Å². The summed E-state index contributed by atoms with van der Waals surface area (Å²) >= 11 is 0. The maximum atomic E-state index is 12.4. The predicted octanol–water partition coefficient (Wildman–Crippen LogP) is 1.30. The zero-order valence-corrected chi connectivity index (χ0v) is 14.0. The van der Waals surface area contributed by atoms with Crippen LogP contribution in [0.25, 0.3) is 0 Å². The molecular formula is C16H29N5O. The lowest BCUT2D eigenvalue weighted by Gasteiger charge is -2.20. The van der Waals surface area contributed by atoms with Gasteiger partial charge in [-0.1, -0.05) is 13.8 Å². The molecule has 1 unspecified atom stereocenters. The largest absolute Gasteiger partial charge is 0.348 e. The third-order valence-corrected chi connectivity index (χ3v) is 4.40. The molecular weight excluding hydrogens is 278 g/mol. The Hall–Kier alpha value is -1.40. The summed E-state index contributed by atoms with van der Waals surface area (Å²) < 4.78 is 0. The van der Waals surface area contributed by atoms with Gasteiger partial charge in [-0.2, -0.15) is 5.10 Å². The molecule has 0 radical (unpaired) electrons. The van der Waals surface area contributed by atoms with E-state index < -0.39 is 0 Å². The molecule has 0 bridgehead atoms. The van der Waals surface area contributed by atoms with Gasteiger partial charge in [0.15, 0.2) is 5.69 Å². The Morgan fingerprint density at radius 3 is 2.91 bits per heavy atom. The Bertz CT molecular complexity index is 481. The van der Waals surface area contributed by atoms with Gasteiger partial charge in [0.05, 0.1) is 0 Å². The highest BCUT2D eigenvalue weighted by atomic mass is 16.2. The standard InChI is InChI=1S/C16H29N5O/c1-4-21(5-2)10-6-7-12(3)18-16(22)15-13-11-17-9-8-14(13)19-20-15/h12,17H,4-11H2,1-3H3,(H,18,22)(H,19,20). The highest BCUT2D eigenvalue weighted by molar-refractivity contribution is 5.94. The smallest absolute Gasteiger partial charge is 0.272 e. The molecule has 1 aromatic rings. The zero-order chi connectivity index (χ0) is 15.9. The summed E-state index contributed by atoms with van der Waals surface area (Å²) in [5.41, 5.74) is 2.68. The van der Waals surface area contributed by atoms with Crippen molar-refractivity contribution in [3.05, 3.63) is 17.0 Å². The van der Waals surface area contributed by atoms with E-state index in [4.69, 9.17) is 0 Å². The maximum Gasteiger partial charge on any atom is 0.272 e. The van der Waals surface area contributed by atoms with Crippen LogP contribution in [0.5, 0.6) is 0 Å². The van der Waals surface area contributed by atoms with Crippen LogP contribution in [-0.4, -0.2) is 53.2 Å². The fourth-order valence-corrected chi connectivity index (χ4v) is 2.94. The third-order valence-electron chi connectivity index (χ3n) is 4.40. The first-order valence-electron chi connectivity index (χ1n) is 8.45. The summed E-state index contributed by atoms with van der Waals surface area (Å²) in [6.07, 6.45) is 3.01. The van der Waals surface area contributed by atoms with Gasteiger partial charge in [-0.3, -0.25) is 9.89 Å². The van der Waals surface area contributed by atoms with Crippen LogP contribution >= 0.6 is 0 Å². The topological polar surface area (TPSA) is 73.0 Å². The van der Waals surface area contributed by atoms with Gasteiger partial charge < -0.3 is 15.5 Å². The molecule has 1 atom stereocenters. The Kier molecular flexibility index (Phi) is 6.39. The van der Waals surface area contributed by atoms with Crippen LogP contribution in [0.4, 0.5) is 0 Å². The number of hydrogen-bond donors (Lipinski definition) is 3. The summed E-state index contributed by atoms with van der Waals surface area (Å²) in [6.45, 7) is 11.4. The van der Waals surface area contributed by atoms with Crippen molar-refractivity contribution in [2.24, 2.45) is 0 Å². The van der Waals surface area contributed by atoms with E-state index in [9.17, 15) is 4.79 Å². The van der Waals surface area contributed by atoms with E-state index in [1.54, 1.807) is 0 Å². The van der Waals surface area contributed by atoms with Crippen LogP contribution in [0.1, 0.15) is 55.4 Å². The van der Waals surface area contributed by atoms with Crippen molar-refractivity contribution in [2.75, 3.05) is 26.2 Å². The Morgan fingerprint density at radius 1 is 1.41 bits per heavy atom. The van der Waals surface area contributed by atoms with E-state index in [0.29, 0.717) is 5.69 Å². The molecule has 2 heterocycles. The van der Waals surface area contributed by atoms with Crippen molar-refractivity contribution in [1.29, 1.82) is 0 Å². The van der Waals surface area contributed by atoms with Gasteiger partial charge in [-0.25, -0.2) is 0 Å². The lowest BCUT2D eigenvalue weighted by molar-refractivity contribution is 0.0931. The normalized spacial score (nSPS) is 15.6. The quantitative estimate of drug-likeness (QED) is 0.677. The maximum absolute atomic E-state index is 12.4. The van der Waals surface area contributed by atoms with Gasteiger partial charge in [-0.15, -0.1) is 0 Å². The van der Waals surface area contributed by atoms with E-state index in [1.807, 2.05) is 0 Å². The van der Waals surface area contributed by atoms with E-state index >= 15 is 0 Å². The number of carbonyl (C=O) groups is 1. The van der Waals surface area contributed by atoms with Crippen LogP contribution in [0, 0.1) is 0 Å². The van der Waals surface area contributed by atoms with Crippen LogP contribution < -0.4 is 10.6 Å². The second kappa shape index (κ2) is 8.29. The highest BCUT2D eigenvalue weighted by Gasteiger charge is 2.22. The molecule has 1 amide bonds. The molecule has 2 rings (SSSR count). The van der Waals surface area contributed by atoms with Crippen LogP contribution in [0.3, 0.4) is 0 Å². The summed E-state index contributed by atoms with van der Waals surface area (Å²) in [5, 5.41) is 13.6. The molecule has 0 spiro atoms. The van der Waals surface area contributed by atoms with Gasteiger partial charge in [0, 0.05) is 36.8 Å². The fraction of sp³-hybridized carbons (Fsp3) is 0.750. The second-order valence-corrected chi connectivity index (χ2v) is 6.00. The first-order valence-corrected chi connectivity index (χ1v) is 8.45. The molecule has 6 heteroatoms. The number of amides is 1. The lowest BCUT2D eigenvalue weighted by Crippen LogP contribution is -2.35. The van der Waals surface area contributed by atoms with Crippen LogP contribution in [0.2, 0.25) is 0 Å². The predicted molar refractivity (Wildman–Crippen MR) is 87.9 cm³/mol. The van der Waals surface area contributed by atoms with E-state index in [2.05, 4.69) is 46.5 Å². The SMILES string of the molecule is CCN(CC)CCCC(C)NC(=O)c1n[nH]c2c1CNCC2. The average Bonchev–Trinajstić information content (AvgIpc) is 2.95. The van der Waals surface area contributed by atoms with Gasteiger partial charge in [0.2, 0.25) is 0 Å². The third kappa shape index (κ3) is 4.30. The number of H-pyrrole nitrogens is 1. The molecule has 124 valence electrons. The number of fused-ring (bicyclic) bond motifs is 1. The number of nitrogens with one attached hydrogen (secondary N) is 3. The summed E-state index contributed by atoms with van der Waals surface area (Å²) in [4.78, 5) is 14.8. The number of carbonyl (C=O) groups excluding carboxylic acids is 1. The van der Waals surface area contributed by atoms with E-state index in [1.165, 1.54) is 0 Å². The molecule has 3 N–H and O–H groups in total. The molecule has 0 saturated carbocycles. The molecule has 0 fully saturated rings. The second-order valence-electron chi connectivity index (χ2n) is 6.00. The minimum atomic E-state index is -0.0588. The first-order chi connectivity index (χ1) is 10.7. The van der Waals surface area contributed by atoms with Gasteiger partial charge in [0.25, 0.3) is 5.91 Å². The number of hydrogen-bond acceptors (Lipinski definition) is 4. The molecule has 0 aliphatic carbocycles. The number of rotatable bonds is 8. The summed E-state index contributed by atoms with van der Waals surface area (Å²) in [5.74, 6) is -0.0588. The Labute approximate surface area is 133 Å². The molecule has 6 nitrogen and oxygen atoms in total. The molecule has 1 aromatic heterocycles. The molecule has 0 saturated heterocycles. The minimum absolute atomic E-state index is 0.0588. The van der Waals surface area contributed by atoms with E-state index in [-0.39, 0.29) is 11.9 Å². The monoisotopic (exact) mass is 307 g/mol. The average molecular weight is 307 g/mol. The van der Waals surface area contributed by atoms with Crippen LogP contribution in [0.15, 0.2) is 0 Å². The molecule has 22 heavy (non-hydrogen) atoms. The zero-order valence-electron chi connectivity index (χ0n) is 14.0. The Morgan fingerprint density at radius 2 is 2.18 bits per heavy atom. The molecule has 0 aromatic carbocycles. The highest BCUT2D eigenvalue weighted by Crippen LogP contribution is 2.15.